The number of pyridine rings is 1. The summed E-state index contributed by atoms with van der Waals surface area (Å²) >= 11 is 12.4. The van der Waals surface area contributed by atoms with Crippen molar-refractivity contribution in [3.8, 4) is 17.2 Å². The second kappa shape index (κ2) is 12.4. The highest BCUT2D eigenvalue weighted by atomic mass is 35.5. The summed E-state index contributed by atoms with van der Waals surface area (Å²) in [6.07, 6.45) is 1.77. The zero-order chi connectivity index (χ0) is 30.0. The number of anilines is 2. The lowest BCUT2D eigenvalue weighted by atomic mass is 9.96. The van der Waals surface area contributed by atoms with E-state index in [1.807, 2.05) is 54.6 Å². The van der Waals surface area contributed by atoms with Crippen molar-refractivity contribution in [3.63, 3.8) is 0 Å². The molecule has 0 aliphatic carbocycles. The number of ether oxygens (including phenoxy) is 3. The third kappa shape index (κ3) is 5.53. The molecule has 1 aliphatic heterocycles. The van der Waals surface area contributed by atoms with E-state index in [0.717, 1.165) is 34.0 Å². The molecule has 1 fully saturated rings. The van der Waals surface area contributed by atoms with Crippen molar-refractivity contribution in [1.82, 2.24) is 14.9 Å². The van der Waals surface area contributed by atoms with E-state index in [1.54, 1.807) is 20.4 Å². The Labute approximate surface area is 255 Å². The second-order valence-electron chi connectivity index (χ2n) is 9.84. The van der Waals surface area contributed by atoms with Crippen LogP contribution in [0.25, 0.3) is 5.69 Å². The first-order valence-corrected chi connectivity index (χ1v) is 14.1. The lowest BCUT2D eigenvalue weighted by molar-refractivity contribution is -0.119. The van der Waals surface area contributed by atoms with Gasteiger partial charge in [-0.25, -0.2) is 0 Å². The molecule has 0 bridgehead atoms. The highest BCUT2D eigenvalue weighted by molar-refractivity contribution is 7.80. The number of hydrogen-bond acceptors (Lipinski definition) is 6. The van der Waals surface area contributed by atoms with Crippen molar-refractivity contribution < 1.29 is 19.0 Å². The molecular formula is C31H32ClN5O4S. The van der Waals surface area contributed by atoms with Gasteiger partial charge in [0.2, 0.25) is 5.91 Å². The number of carbonyl (C=O) groups excluding carboxylic acids is 1. The van der Waals surface area contributed by atoms with Crippen LogP contribution in [0.3, 0.4) is 0 Å². The van der Waals surface area contributed by atoms with E-state index in [4.69, 9.17) is 38.0 Å². The first kappa shape index (κ1) is 29.4. The molecule has 2 aromatic carbocycles. The van der Waals surface area contributed by atoms with Crippen LogP contribution in [0.15, 0.2) is 66.9 Å². The van der Waals surface area contributed by atoms with Gasteiger partial charge in [0.05, 0.1) is 43.4 Å². The summed E-state index contributed by atoms with van der Waals surface area (Å²) in [7, 11) is 4.67. The fourth-order valence-corrected chi connectivity index (χ4v) is 6.02. The van der Waals surface area contributed by atoms with Gasteiger partial charge in [0.25, 0.3) is 0 Å². The predicted octanol–water partition coefficient (Wildman–Crippen LogP) is 5.92. The summed E-state index contributed by atoms with van der Waals surface area (Å²) < 4.78 is 18.4. The van der Waals surface area contributed by atoms with E-state index in [0.29, 0.717) is 27.3 Å². The van der Waals surface area contributed by atoms with Crippen molar-refractivity contribution in [2.75, 3.05) is 38.2 Å². The van der Waals surface area contributed by atoms with Crippen LogP contribution in [0, 0.1) is 13.8 Å². The van der Waals surface area contributed by atoms with Crippen molar-refractivity contribution in [2.24, 2.45) is 0 Å². The Morgan fingerprint density at radius 1 is 1.05 bits per heavy atom. The van der Waals surface area contributed by atoms with Crippen LogP contribution >= 0.6 is 23.8 Å². The molecule has 0 spiro atoms. The van der Waals surface area contributed by atoms with Crippen LogP contribution in [0.2, 0.25) is 5.02 Å². The molecule has 1 amide bonds. The highest BCUT2D eigenvalue weighted by Crippen LogP contribution is 2.45. The molecule has 1 saturated heterocycles. The molecule has 2 atom stereocenters. The summed E-state index contributed by atoms with van der Waals surface area (Å²) in [6.45, 7) is 4.04. The Hall–Kier alpha value is -4.12. The second-order valence-corrected chi connectivity index (χ2v) is 10.7. The minimum absolute atomic E-state index is 0.0829. The Balaban J connectivity index is 1.67. The molecule has 11 heteroatoms. The third-order valence-electron chi connectivity index (χ3n) is 7.28. The number of methoxy groups -OCH3 is 3. The quantitative estimate of drug-likeness (QED) is 0.227. The molecule has 0 unspecified atom stereocenters. The monoisotopic (exact) mass is 605 g/mol. The van der Waals surface area contributed by atoms with Gasteiger partial charge in [-0.2, -0.15) is 0 Å². The smallest absolute Gasteiger partial charge is 0.250 e. The van der Waals surface area contributed by atoms with Gasteiger partial charge in [-0.3, -0.25) is 9.78 Å². The number of aryl methyl sites for hydroxylation is 1. The molecule has 3 heterocycles. The number of carbonyl (C=O) groups is 1. The maximum absolute atomic E-state index is 12.4. The molecule has 0 saturated carbocycles. The zero-order valence-corrected chi connectivity index (χ0v) is 25.5. The number of benzene rings is 2. The van der Waals surface area contributed by atoms with E-state index in [1.165, 1.54) is 7.11 Å². The van der Waals surface area contributed by atoms with Gasteiger partial charge in [0.1, 0.15) is 18.1 Å². The minimum Gasteiger partial charge on any atom is -0.495 e. The van der Waals surface area contributed by atoms with Crippen LogP contribution in [0.4, 0.5) is 11.4 Å². The third-order valence-corrected chi connectivity index (χ3v) is 7.83. The van der Waals surface area contributed by atoms with Gasteiger partial charge in [-0.05, 0) is 86.2 Å². The van der Waals surface area contributed by atoms with E-state index < -0.39 is 0 Å². The molecule has 1 aliphatic rings. The van der Waals surface area contributed by atoms with Crippen LogP contribution in [0.1, 0.15) is 34.7 Å². The first-order chi connectivity index (χ1) is 20.3. The van der Waals surface area contributed by atoms with Crippen molar-refractivity contribution in [2.45, 2.75) is 25.9 Å². The molecule has 9 nitrogen and oxygen atoms in total. The lowest BCUT2D eigenvalue weighted by Crippen LogP contribution is -2.29. The predicted molar refractivity (Wildman–Crippen MR) is 168 cm³/mol. The fraction of sp³-hybridized carbons (Fsp3) is 0.258. The van der Waals surface area contributed by atoms with E-state index in [-0.39, 0.29) is 24.6 Å². The number of rotatable bonds is 9. The Kier molecular flexibility index (Phi) is 8.67. The first-order valence-electron chi connectivity index (χ1n) is 13.3. The number of aromatic nitrogens is 2. The molecule has 42 heavy (non-hydrogen) atoms. The van der Waals surface area contributed by atoms with Crippen LogP contribution in [0.5, 0.6) is 11.5 Å². The summed E-state index contributed by atoms with van der Waals surface area (Å²) in [5.41, 5.74) is 6.01. The summed E-state index contributed by atoms with van der Waals surface area (Å²) in [4.78, 5) is 19.2. The van der Waals surface area contributed by atoms with Crippen LogP contribution in [-0.4, -0.2) is 48.5 Å². The highest BCUT2D eigenvalue weighted by Gasteiger charge is 2.42. The molecule has 218 valence electrons. The molecule has 4 aromatic rings. The lowest BCUT2D eigenvalue weighted by Gasteiger charge is -2.29. The van der Waals surface area contributed by atoms with Crippen LogP contribution in [-0.2, 0) is 9.53 Å². The maximum atomic E-state index is 12.4. The SMILES string of the molecule is COCC(=O)Nc1cc(N2C(=S)N[C@H](c3ccccn3)[C@H]2c2cc(C)n(-c3cc(Cl)ccc3OC)c2C)ccc1OC. The summed E-state index contributed by atoms with van der Waals surface area (Å²) in [5.74, 6) is 0.930. The van der Waals surface area contributed by atoms with Crippen molar-refractivity contribution >= 4 is 46.2 Å². The molecule has 0 radical (unpaired) electrons. The Morgan fingerprint density at radius 2 is 1.81 bits per heavy atom. The van der Waals surface area contributed by atoms with Gasteiger partial charge in [0, 0.05) is 35.4 Å². The summed E-state index contributed by atoms with van der Waals surface area (Å²) in [6, 6.07) is 18.6. The Morgan fingerprint density at radius 3 is 2.50 bits per heavy atom. The number of nitrogens with one attached hydrogen (secondary N) is 2. The number of hydrogen-bond donors (Lipinski definition) is 2. The number of nitrogens with zero attached hydrogens (tertiary/aromatic N) is 3. The topological polar surface area (TPSA) is 89.9 Å². The largest absolute Gasteiger partial charge is 0.495 e. The van der Waals surface area contributed by atoms with Gasteiger partial charge in [0.15, 0.2) is 5.11 Å². The van der Waals surface area contributed by atoms with E-state index >= 15 is 0 Å². The fourth-order valence-electron chi connectivity index (χ4n) is 5.51. The van der Waals surface area contributed by atoms with Crippen molar-refractivity contribution in [3.05, 3.63) is 94.5 Å². The minimum atomic E-state index is -0.294. The van der Waals surface area contributed by atoms with Gasteiger partial charge < -0.3 is 34.3 Å². The standard InChI is InChI=1S/C31H32ClN5O4S/c1-18-14-22(19(2)36(18)25-15-20(32)9-11-27(25)41-5)30-29(23-8-6-7-13-33-23)35-31(42)37(30)21-10-12-26(40-4)24(16-21)34-28(38)17-39-3/h6-16,29-30H,17H2,1-5H3,(H,34,38)(H,35,42)/t29-,30-/m1/s1. The molecule has 2 aromatic heterocycles. The molecule has 5 rings (SSSR count). The summed E-state index contributed by atoms with van der Waals surface area (Å²) in [5, 5.41) is 7.52. The van der Waals surface area contributed by atoms with E-state index in [9.17, 15) is 4.79 Å². The maximum Gasteiger partial charge on any atom is 0.250 e. The average molecular weight is 606 g/mol. The normalized spacial score (nSPS) is 16.3. The molecule has 2 N–H and O–H groups in total. The Bertz CT molecular complexity index is 1630. The zero-order valence-electron chi connectivity index (χ0n) is 24.0. The number of thiocarbonyl (C=S) groups is 1. The van der Waals surface area contributed by atoms with Gasteiger partial charge in [-0.1, -0.05) is 17.7 Å². The number of amides is 1. The van der Waals surface area contributed by atoms with Crippen LogP contribution < -0.4 is 25.0 Å². The average Bonchev–Trinajstić information content (AvgIpc) is 3.48. The number of halogens is 1. The van der Waals surface area contributed by atoms with Gasteiger partial charge in [-0.15, -0.1) is 0 Å². The van der Waals surface area contributed by atoms with E-state index in [2.05, 4.69) is 45.0 Å². The van der Waals surface area contributed by atoms with Crippen molar-refractivity contribution in [1.29, 1.82) is 0 Å². The molecular weight excluding hydrogens is 574 g/mol. The van der Waals surface area contributed by atoms with Gasteiger partial charge >= 0.3 is 0 Å².